The number of ether oxygens (including phenoxy) is 2. The lowest BCUT2D eigenvalue weighted by molar-refractivity contribution is 0.174. The van der Waals surface area contributed by atoms with Gasteiger partial charge in [-0.25, -0.2) is 0 Å². The Morgan fingerprint density at radius 1 is 1.28 bits per heavy atom. The molecule has 1 heterocycles. The summed E-state index contributed by atoms with van der Waals surface area (Å²) in [6, 6.07) is 3.48. The van der Waals surface area contributed by atoms with E-state index in [9.17, 15) is 5.11 Å². The average molecular weight is 249 g/mol. The Balaban J connectivity index is 1.72. The molecule has 1 aliphatic carbocycles. The van der Waals surface area contributed by atoms with Gasteiger partial charge < -0.3 is 19.9 Å². The minimum Gasteiger partial charge on any atom is -0.507 e. The largest absolute Gasteiger partial charge is 0.507 e. The number of fused-ring (bicyclic) bond motifs is 1. The molecule has 3 rings (SSSR count). The lowest BCUT2D eigenvalue weighted by atomic mass is 9.98. The molecule has 18 heavy (non-hydrogen) atoms. The summed E-state index contributed by atoms with van der Waals surface area (Å²) in [5.74, 6) is 2.36. The van der Waals surface area contributed by atoms with Crippen molar-refractivity contribution in [3.8, 4) is 17.2 Å². The number of hydrogen-bond acceptors (Lipinski definition) is 4. The SMILES string of the molecule is CC(C)(NCc1cc2c(cc1O)OCO2)C1CC1. The van der Waals surface area contributed by atoms with Crippen LogP contribution in [-0.2, 0) is 6.54 Å². The lowest BCUT2D eigenvalue weighted by Crippen LogP contribution is -2.40. The van der Waals surface area contributed by atoms with Crippen molar-refractivity contribution in [3.63, 3.8) is 0 Å². The first kappa shape index (κ1) is 11.7. The highest BCUT2D eigenvalue weighted by Crippen LogP contribution is 2.40. The number of nitrogens with one attached hydrogen (secondary N) is 1. The van der Waals surface area contributed by atoms with Gasteiger partial charge in [0.05, 0.1) is 0 Å². The van der Waals surface area contributed by atoms with Crippen LogP contribution in [0.5, 0.6) is 17.2 Å². The predicted octanol–water partition coefficient (Wildman–Crippen LogP) is 2.40. The van der Waals surface area contributed by atoms with Gasteiger partial charge in [-0.05, 0) is 38.7 Å². The summed E-state index contributed by atoms with van der Waals surface area (Å²) in [4.78, 5) is 0. The Bertz CT molecular complexity index is 466. The first-order chi connectivity index (χ1) is 8.56. The van der Waals surface area contributed by atoms with E-state index in [1.54, 1.807) is 6.07 Å². The molecule has 1 saturated carbocycles. The number of phenols is 1. The zero-order valence-electron chi connectivity index (χ0n) is 10.8. The maximum absolute atomic E-state index is 9.95. The topological polar surface area (TPSA) is 50.7 Å². The van der Waals surface area contributed by atoms with Crippen molar-refractivity contribution in [3.05, 3.63) is 17.7 Å². The quantitative estimate of drug-likeness (QED) is 0.860. The van der Waals surface area contributed by atoms with E-state index in [4.69, 9.17) is 9.47 Å². The van der Waals surface area contributed by atoms with Crippen LogP contribution in [0.4, 0.5) is 0 Å². The van der Waals surface area contributed by atoms with E-state index in [0.717, 1.165) is 11.5 Å². The molecule has 4 nitrogen and oxygen atoms in total. The molecule has 98 valence electrons. The molecule has 0 saturated heterocycles. The van der Waals surface area contributed by atoms with Crippen LogP contribution in [0, 0.1) is 5.92 Å². The van der Waals surface area contributed by atoms with E-state index in [1.807, 2.05) is 6.07 Å². The Morgan fingerprint density at radius 2 is 1.94 bits per heavy atom. The molecule has 0 unspecified atom stereocenters. The van der Waals surface area contributed by atoms with Gasteiger partial charge in [0.1, 0.15) is 5.75 Å². The van der Waals surface area contributed by atoms with Crippen LogP contribution >= 0.6 is 0 Å². The monoisotopic (exact) mass is 249 g/mol. The summed E-state index contributed by atoms with van der Waals surface area (Å²) in [5.41, 5.74) is 0.982. The van der Waals surface area contributed by atoms with Crippen molar-refractivity contribution in [1.82, 2.24) is 5.32 Å². The maximum Gasteiger partial charge on any atom is 0.231 e. The van der Waals surface area contributed by atoms with Crippen molar-refractivity contribution in [2.24, 2.45) is 5.92 Å². The zero-order chi connectivity index (χ0) is 12.8. The van der Waals surface area contributed by atoms with Crippen LogP contribution in [0.25, 0.3) is 0 Å². The highest BCUT2D eigenvalue weighted by molar-refractivity contribution is 5.51. The van der Waals surface area contributed by atoms with Crippen LogP contribution < -0.4 is 14.8 Å². The second-order valence-electron chi connectivity index (χ2n) is 5.68. The first-order valence-electron chi connectivity index (χ1n) is 6.43. The summed E-state index contributed by atoms with van der Waals surface area (Å²) < 4.78 is 10.6. The van der Waals surface area contributed by atoms with Crippen LogP contribution in [0.2, 0.25) is 0 Å². The third-order valence-corrected chi connectivity index (χ3v) is 3.91. The molecule has 0 radical (unpaired) electrons. The fraction of sp³-hybridized carbons (Fsp3) is 0.571. The van der Waals surface area contributed by atoms with Crippen molar-refractivity contribution >= 4 is 0 Å². The molecule has 0 amide bonds. The van der Waals surface area contributed by atoms with Crippen molar-refractivity contribution in [2.45, 2.75) is 38.8 Å². The van der Waals surface area contributed by atoms with E-state index in [-0.39, 0.29) is 18.1 Å². The average Bonchev–Trinajstić information content (AvgIpc) is 3.08. The van der Waals surface area contributed by atoms with E-state index < -0.39 is 0 Å². The molecular weight excluding hydrogens is 230 g/mol. The second kappa shape index (κ2) is 4.05. The van der Waals surface area contributed by atoms with Gasteiger partial charge in [-0.3, -0.25) is 0 Å². The smallest absolute Gasteiger partial charge is 0.231 e. The van der Waals surface area contributed by atoms with Gasteiger partial charge in [0.25, 0.3) is 0 Å². The Hall–Kier alpha value is -1.42. The number of rotatable bonds is 4. The van der Waals surface area contributed by atoms with Crippen LogP contribution in [0.1, 0.15) is 32.3 Å². The third kappa shape index (κ3) is 2.12. The van der Waals surface area contributed by atoms with Crippen molar-refractivity contribution < 1.29 is 14.6 Å². The van der Waals surface area contributed by atoms with Crippen LogP contribution in [0.3, 0.4) is 0 Å². The molecule has 2 N–H and O–H groups in total. The summed E-state index contributed by atoms with van der Waals surface area (Å²) in [6.45, 7) is 5.31. The van der Waals surface area contributed by atoms with Gasteiger partial charge in [0.15, 0.2) is 11.5 Å². The Kier molecular flexibility index (Phi) is 2.63. The predicted molar refractivity (Wildman–Crippen MR) is 67.9 cm³/mol. The maximum atomic E-state index is 9.95. The molecule has 0 bridgehead atoms. The fourth-order valence-electron chi connectivity index (χ4n) is 2.39. The van der Waals surface area contributed by atoms with Crippen LogP contribution in [-0.4, -0.2) is 17.4 Å². The minimum absolute atomic E-state index is 0.128. The van der Waals surface area contributed by atoms with Gasteiger partial charge >= 0.3 is 0 Å². The summed E-state index contributed by atoms with van der Waals surface area (Å²) in [5, 5.41) is 13.5. The molecule has 1 fully saturated rings. The molecule has 0 spiro atoms. The minimum atomic E-state index is 0.128. The Labute approximate surface area is 107 Å². The van der Waals surface area contributed by atoms with Gasteiger partial charge in [-0.1, -0.05) is 0 Å². The van der Waals surface area contributed by atoms with E-state index in [1.165, 1.54) is 12.8 Å². The van der Waals surface area contributed by atoms with Gasteiger partial charge in [-0.2, -0.15) is 0 Å². The highest BCUT2D eigenvalue weighted by Gasteiger charge is 2.37. The van der Waals surface area contributed by atoms with Crippen molar-refractivity contribution in [1.29, 1.82) is 0 Å². The van der Waals surface area contributed by atoms with E-state index >= 15 is 0 Å². The third-order valence-electron chi connectivity index (χ3n) is 3.91. The number of phenolic OH excluding ortho intramolecular Hbond substituents is 1. The van der Waals surface area contributed by atoms with Gasteiger partial charge in [0, 0.05) is 23.7 Å². The number of benzene rings is 1. The lowest BCUT2D eigenvalue weighted by Gasteiger charge is -2.26. The molecule has 1 aromatic carbocycles. The van der Waals surface area contributed by atoms with E-state index in [0.29, 0.717) is 18.0 Å². The summed E-state index contributed by atoms with van der Waals surface area (Å²) in [7, 11) is 0. The zero-order valence-corrected chi connectivity index (χ0v) is 10.8. The van der Waals surface area contributed by atoms with Gasteiger partial charge in [-0.15, -0.1) is 0 Å². The molecule has 0 aromatic heterocycles. The second-order valence-corrected chi connectivity index (χ2v) is 5.68. The summed E-state index contributed by atoms with van der Waals surface area (Å²) in [6.07, 6.45) is 2.60. The molecule has 0 atom stereocenters. The summed E-state index contributed by atoms with van der Waals surface area (Å²) >= 11 is 0. The number of aromatic hydroxyl groups is 1. The first-order valence-corrected chi connectivity index (χ1v) is 6.43. The normalized spacial score (nSPS) is 18.1. The van der Waals surface area contributed by atoms with Crippen molar-refractivity contribution in [2.75, 3.05) is 6.79 Å². The number of hydrogen-bond donors (Lipinski definition) is 2. The molecular formula is C14H19NO3. The molecule has 2 aliphatic rings. The Morgan fingerprint density at radius 3 is 2.61 bits per heavy atom. The van der Waals surface area contributed by atoms with Crippen LogP contribution in [0.15, 0.2) is 12.1 Å². The molecule has 4 heteroatoms. The highest BCUT2D eigenvalue weighted by atomic mass is 16.7. The molecule has 1 aliphatic heterocycles. The van der Waals surface area contributed by atoms with E-state index in [2.05, 4.69) is 19.2 Å². The molecule has 1 aromatic rings. The standard InChI is InChI=1S/C14H19NO3/c1-14(2,10-3-4-10)15-7-9-5-12-13(6-11(9)16)18-8-17-12/h5-6,10,15-16H,3-4,7-8H2,1-2H3. The van der Waals surface area contributed by atoms with Gasteiger partial charge in [0.2, 0.25) is 6.79 Å². The fourth-order valence-corrected chi connectivity index (χ4v) is 2.39.